The number of nitrogens with zero attached hydrogens (tertiary/aromatic N) is 1. The van der Waals surface area contributed by atoms with Gasteiger partial charge in [-0.3, -0.25) is 4.79 Å². The second kappa shape index (κ2) is 5.29. The van der Waals surface area contributed by atoms with Crippen LogP contribution in [0.1, 0.15) is 29.3 Å². The van der Waals surface area contributed by atoms with E-state index in [1.807, 2.05) is 24.0 Å². The molecule has 0 aromatic heterocycles. The normalized spacial score (nSPS) is 24.1. The van der Waals surface area contributed by atoms with Gasteiger partial charge < -0.3 is 10.6 Å². The van der Waals surface area contributed by atoms with E-state index in [0.717, 1.165) is 18.5 Å². The first kappa shape index (κ1) is 13.4. The summed E-state index contributed by atoms with van der Waals surface area (Å²) >= 11 is 6.05. The minimum absolute atomic E-state index is 0.0271. The monoisotopic (exact) mass is 266 g/mol. The molecule has 1 aliphatic rings. The van der Waals surface area contributed by atoms with E-state index in [4.69, 9.17) is 17.3 Å². The number of nitrogens with two attached hydrogens (primary N) is 1. The van der Waals surface area contributed by atoms with E-state index < -0.39 is 0 Å². The largest absolute Gasteiger partial charge is 0.337 e. The highest BCUT2D eigenvalue weighted by Gasteiger charge is 2.26. The Morgan fingerprint density at radius 2 is 2.22 bits per heavy atom. The summed E-state index contributed by atoms with van der Waals surface area (Å²) in [5.41, 5.74) is 7.65. The van der Waals surface area contributed by atoms with Gasteiger partial charge in [-0.2, -0.15) is 0 Å². The van der Waals surface area contributed by atoms with Gasteiger partial charge in [-0.1, -0.05) is 24.6 Å². The fourth-order valence-electron chi connectivity index (χ4n) is 2.19. The highest BCUT2D eigenvalue weighted by Crippen LogP contribution is 2.21. The van der Waals surface area contributed by atoms with Gasteiger partial charge in [-0.25, -0.2) is 0 Å². The van der Waals surface area contributed by atoms with E-state index in [1.165, 1.54) is 0 Å². The lowest BCUT2D eigenvalue weighted by molar-refractivity contribution is 0.0672. The van der Waals surface area contributed by atoms with Crippen molar-refractivity contribution >= 4 is 17.5 Å². The minimum atomic E-state index is 0.0271. The van der Waals surface area contributed by atoms with E-state index in [2.05, 4.69) is 6.92 Å². The smallest absolute Gasteiger partial charge is 0.253 e. The first-order chi connectivity index (χ1) is 8.49. The van der Waals surface area contributed by atoms with Crippen LogP contribution in [-0.2, 0) is 0 Å². The molecule has 2 atom stereocenters. The lowest BCUT2D eigenvalue weighted by Crippen LogP contribution is -2.49. The van der Waals surface area contributed by atoms with Crippen molar-refractivity contribution in [3.8, 4) is 0 Å². The maximum atomic E-state index is 12.3. The Hall–Kier alpha value is -1.06. The molecule has 2 unspecified atom stereocenters. The number of piperidine rings is 1. The molecular formula is C14H19ClN2O. The number of halogens is 1. The number of likely N-dealkylation sites (tertiary alicyclic amines) is 1. The van der Waals surface area contributed by atoms with E-state index in [-0.39, 0.29) is 11.9 Å². The minimum Gasteiger partial charge on any atom is -0.337 e. The number of amides is 1. The first-order valence-electron chi connectivity index (χ1n) is 6.30. The zero-order valence-electron chi connectivity index (χ0n) is 10.8. The molecule has 1 aromatic rings. The molecule has 1 saturated heterocycles. The molecule has 4 heteroatoms. The molecule has 0 aliphatic carbocycles. The molecule has 0 radical (unpaired) electrons. The molecule has 3 nitrogen and oxygen atoms in total. The van der Waals surface area contributed by atoms with Crippen molar-refractivity contribution in [3.05, 3.63) is 34.3 Å². The Morgan fingerprint density at radius 3 is 2.83 bits per heavy atom. The summed E-state index contributed by atoms with van der Waals surface area (Å²) in [5.74, 6) is 0.509. The van der Waals surface area contributed by atoms with Crippen LogP contribution < -0.4 is 5.73 Å². The molecule has 2 N–H and O–H groups in total. The summed E-state index contributed by atoms with van der Waals surface area (Å²) in [6.07, 6.45) is 0.965. The van der Waals surface area contributed by atoms with Gasteiger partial charge in [0.05, 0.1) is 0 Å². The average Bonchev–Trinajstić information content (AvgIpc) is 2.35. The maximum absolute atomic E-state index is 12.3. The van der Waals surface area contributed by atoms with Crippen LogP contribution in [0.4, 0.5) is 0 Å². The van der Waals surface area contributed by atoms with E-state index in [9.17, 15) is 4.79 Å². The quantitative estimate of drug-likeness (QED) is 0.849. The topological polar surface area (TPSA) is 46.3 Å². The summed E-state index contributed by atoms with van der Waals surface area (Å²) in [7, 11) is 0. The molecule has 1 aromatic carbocycles. The van der Waals surface area contributed by atoms with Crippen molar-refractivity contribution in [2.75, 3.05) is 13.1 Å². The predicted molar refractivity (Wildman–Crippen MR) is 73.8 cm³/mol. The second-order valence-corrected chi connectivity index (χ2v) is 5.55. The van der Waals surface area contributed by atoms with Crippen molar-refractivity contribution < 1.29 is 4.79 Å². The van der Waals surface area contributed by atoms with Gasteiger partial charge in [-0.05, 0) is 37.0 Å². The number of carbonyl (C=O) groups is 1. The van der Waals surface area contributed by atoms with Crippen molar-refractivity contribution in [1.29, 1.82) is 0 Å². The van der Waals surface area contributed by atoms with Crippen LogP contribution in [-0.4, -0.2) is 29.9 Å². The van der Waals surface area contributed by atoms with Gasteiger partial charge in [0, 0.05) is 29.7 Å². The lowest BCUT2D eigenvalue weighted by atomic mass is 9.94. The summed E-state index contributed by atoms with van der Waals surface area (Å²) in [5, 5.41) is 0.635. The summed E-state index contributed by atoms with van der Waals surface area (Å²) in [4.78, 5) is 14.2. The van der Waals surface area contributed by atoms with Crippen LogP contribution in [0.3, 0.4) is 0 Å². The van der Waals surface area contributed by atoms with Crippen LogP contribution in [0.2, 0.25) is 5.02 Å². The number of carbonyl (C=O) groups excluding carboxylic acids is 1. The van der Waals surface area contributed by atoms with E-state index in [1.54, 1.807) is 6.07 Å². The Labute approximate surface area is 113 Å². The van der Waals surface area contributed by atoms with E-state index >= 15 is 0 Å². The van der Waals surface area contributed by atoms with Gasteiger partial charge in [0.1, 0.15) is 0 Å². The molecule has 1 heterocycles. The van der Waals surface area contributed by atoms with Crippen molar-refractivity contribution in [1.82, 2.24) is 4.90 Å². The fourth-order valence-corrected chi connectivity index (χ4v) is 2.37. The standard InChI is InChI=1S/C14H19ClN2O/c1-9-3-4-11(7-12(9)15)14(18)17-6-5-10(2)13(16)8-17/h3-4,7,10,13H,5-6,8,16H2,1-2H3. The van der Waals surface area contributed by atoms with Crippen LogP contribution in [0.5, 0.6) is 0 Å². The summed E-state index contributed by atoms with van der Waals surface area (Å²) < 4.78 is 0. The molecule has 98 valence electrons. The van der Waals surface area contributed by atoms with Crippen molar-refractivity contribution in [3.63, 3.8) is 0 Å². The number of rotatable bonds is 1. The Kier molecular flexibility index (Phi) is 3.93. The summed E-state index contributed by atoms with van der Waals surface area (Å²) in [6, 6.07) is 5.52. The van der Waals surface area contributed by atoms with Gasteiger partial charge in [0.2, 0.25) is 0 Å². The fraction of sp³-hybridized carbons (Fsp3) is 0.500. The Morgan fingerprint density at radius 1 is 1.50 bits per heavy atom. The molecule has 1 fully saturated rings. The molecule has 18 heavy (non-hydrogen) atoms. The Balaban J connectivity index is 2.14. The second-order valence-electron chi connectivity index (χ2n) is 5.14. The van der Waals surface area contributed by atoms with Crippen molar-refractivity contribution in [2.24, 2.45) is 11.7 Å². The van der Waals surface area contributed by atoms with Crippen LogP contribution in [0.15, 0.2) is 18.2 Å². The maximum Gasteiger partial charge on any atom is 0.253 e. The Bertz CT molecular complexity index is 461. The van der Waals surface area contributed by atoms with Crippen molar-refractivity contribution in [2.45, 2.75) is 26.3 Å². The number of hydrogen-bond acceptors (Lipinski definition) is 2. The third-order valence-electron chi connectivity index (χ3n) is 3.72. The number of benzene rings is 1. The van der Waals surface area contributed by atoms with Gasteiger partial charge in [0.25, 0.3) is 5.91 Å². The molecule has 0 saturated carbocycles. The van der Waals surface area contributed by atoms with Crippen LogP contribution in [0, 0.1) is 12.8 Å². The lowest BCUT2D eigenvalue weighted by Gasteiger charge is -2.35. The van der Waals surface area contributed by atoms with E-state index in [0.29, 0.717) is 23.0 Å². The average molecular weight is 267 g/mol. The molecule has 1 amide bonds. The third-order valence-corrected chi connectivity index (χ3v) is 4.13. The zero-order chi connectivity index (χ0) is 13.3. The number of hydrogen-bond donors (Lipinski definition) is 1. The van der Waals surface area contributed by atoms with Gasteiger partial charge >= 0.3 is 0 Å². The molecular weight excluding hydrogens is 248 g/mol. The van der Waals surface area contributed by atoms with Gasteiger partial charge in [-0.15, -0.1) is 0 Å². The zero-order valence-corrected chi connectivity index (χ0v) is 11.6. The molecule has 0 spiro atoms. The van der Waals surface area contributed by atoms with Crippen LogP contribution >= 0.6 is 11.6 Å². The molecule has 2 rings (SSSR count). The third kappa shape index (κ3) is 2.68. The first-order valence-corrected chi connectivity index (χ1v) is 6.68. The predicted octanol–water partition coefficient (Wildman–Crippen LogP) is 2.46. The van der Waals surface area contributed by atoms with Crippen LogP contribution in [0.25, 0.3) is 0 Å². The number of aryl methyl sites for hydroxylation is 1. The SMILES string of the molecule is Cc1ccc(C(=O)N2CCC(C)C(N)C2)cc1Cl. The summed E-state index contributed by atoms with van der Waals surface area (Å²) in [6.45, 7) is 5.47. The molecule has 0 bridgehead atoms. The van der Waals surface area contributed by atoms with Gasteiger partial charge in [0.15, 0.2) is 0 Å². The molecule has 1 aliphatic heterocycles. The highest BCUT2D eigenvalue weighted by molar-refractivity contribution is 6.31. The highest BCUT2D eigenvalue weighted by atomic mass is 35.5.